The third kappa shape index (κ3) is 3.47. The Labute approximate surface area is 116 Å². The predicted octanol–water partition coefficient (Wildman–Crippen LogP) is 2.53. The molecule has 3 saturated carbocycles. The molecule has 0 saturated heterocycles. The lowest BCUT2D eigenvalue weighted by molar-refractivity contribution is -0.186. The minimum atomic E-state index is -0.904. The highest BCUT2D eigenvalue weighted by Crippen LogP contribution is 2.56. The van der Waals surface area contributed by atoms with E-state index in [-0.39, 0.29) is 16.4 Å². The van der Waals surface area contributed by atoms with Crippen LogP contribution in [0.25, 0.3) is 0 Å². The second kappa shape index (κ2) is 5.05. The van der Waals surface area contributed by atoms with Gasteiger partial charge in [0.2, 0.25) is 6.41 Å². The van der Waals surface area contributed by atoms with E-state index in [1.54, 1.807) is 0 Å². The molecule has 0 amide bonds. The molecular weight excluding hydrogens is 240 g/mol. The lowest BCUT2D eigenvalue weighted by atomic mass is 9.54. The molecule has 2 N–H and O–H groups in total. The Bertz CT molecular complexity index is 343. The number of ether oxygens (including phenoxy) is 1. The molecule has 19 heavy (non-hydrogen) atoms. The van der Waals surface area contributed by atoms with Crippen LogP contribution in [0.15, 0.2) is 0 Å². The van der Waals surface area contributed by atoms with Crippen LogP contribution in [0.4, 0.5) is 0 Å². The lowest BCUT2D eigenvalue weighted by Crippen LogP contribution is -2.49. The van der Waals surface area contributed by atoms with Gasteiger partial charge in [-0.25, -0.2) is 0 Å². The SMILES string of the molecule is CC(C)(C)OC(O)NCC12CCC(C#N)(CC1)CC2. The van der Waals surface area contributed by atoms with E-state index in [9.17, 15) is 10.4 Å². The van der Waals surface area contributed by atoms with Crippen molar-refractivity contribution in [2.75, 3.05) is 6.54 Å². The summed E-state index contributed by atoms with van der Waals surface area (Å²) in [5.41, 5.74) is -0.123. The monoisotopic (exact) mass is 266 g/mol. The molecular formula is C15H26N2O2. The molecule has 0 heterocycles. The Kier molecular flexibility index (Phi) is 3.92. The molecule has 3 fully saturated rings. The van der Waals surface area contributed by atoms with E-state index in [0.717, 1.165) is 45.1 Å². The zero-order chi connectivity index (χ0) is 14.1. The van der Waals surface area contributed by atoms with Crippen LogP contribution in [-0.4, -0.2) is 23.7 Å². The van der Waals surface area contributed by atoms with E-state index >= 15 is 0 Å². The van der Waals surface area contributed by atoms with Crippen molar-refractivity contribution in [2.45, 2.75) is 71.3 Å². The van der Waals surface area contributed by atoms with Gasteiger partial charge < -0.3 is 9.84 Å². The van der Waals surface area contributed by atoms with Crippen LogP contribution >= 0.6 is 0 Å². The van der Waals surface area contributed by atoms with Gasteiger partial charge in [-0.15, -0.1) is 0 Å². The Balaban J connectivity index is 1.83. The van der Waals surface area contributed by atoms with Crippen molar-refractivity contribution in [1.82, 2.24) is 5.32 Å². The number of fused-ring (bicyclic) bond motifs is 3. The minimum Gasteiger partial charge on any atom is -0.356 e. The summed E-state index contributed by atoms with van der Waals surface area (Å²) >= 11 is 0. The zero-order valence-corrected chi connectivity index (χ0v) is 12.3. The number of nitrogens with one attached hydrogen (secondary N) is 1. The first-order valence-electron chi connectivity index (χ1n) is 7.29. The van der Waals surface area contributed by atoms with Crippen LogP contribution < -0.4 is 5.32 Å². The van der Waals surface area contributed by atoms with Gasteiger partial charge in [-0.1, -0.05) is 0 Å². The van der Waals surface area contributed by atoms with Crippen LogP contribution in [0.3, 0.4) is 0 Å². The Morgan fingerprint density at radius 1 is 1.21 bits per heavy atom. The highest BCUT2D eigenvalue weighted by Gasteiger charge is 2.48. The van der Waals surface area contributed by atoms with Crippen molar-refractivity contribution in [3.63, 3.8) is 0 Å². The predicted molar refractivity (Wildman–Crippen MR) is 73.0 cm³/mol. The van der Waals surface area contributed by atoms with Gasteiger partial charge in [0.15, 0.2) is 0 Å². The van der Waals surface area contributed by atoms with Crippen molar-refractivity contribution in [3.05, 3.63) is 0 Å². The van der Waals surface area contributed by atoms with Gasteiger partial charge in [0, 0.05) is 6.54 Å². The standard InChI is InChI=1S/C15H26N2O2/c1-13(2,3)19-12(18)17-11-15-7-4-14(10-16,5-8-15)6-9-15/h12,17-18H,4-9,11H2,1-3H3. The first-order chi connectivity index (χ1) is 8.78. The summed E-state index contributed by atoms with van der Waals surface area (Å²) in [6, 6.07) is 2.52. The summed E-state index contributed by atoms with van der Waals surface area (Å²) in [5.74, 6) is 0. The molecule has 108 valence electrons. The second-order valence-electron chi connectivity index (χ2n) is 7.36. The maximum atomic E-state index is 9.85. The third-order valence-corrected chi connectivity index (χ3v) is 4.76. The molecule has 0 aliphatic heterocycles. The molecule has 2 bridgehead atoms. The summed E-state index contributed by atoms with van der Waals surface area (Å²) in [5, 5.41) is 22.2. The van der Waals surface area contributed by atoms with E-state index in [2.05, 4.69) is 11.4 Å². The first-order valence-corrected chi connectivity index (χ1v) is 7.29. The number of aliphatic hydroxyl groups is 1. The second-order valence-corrected chi connectivity index (χ2v) is 7.36. The molecule has 0 aromatic rings. The fourth-order valence-corrected chi connectivity index (χ4v) is 3.38. The van der Waals surface area contributed by atoms with E-state index in [1.807, 2.05) is 20.8 Å². The van der Waals surface area contributed by atoms with Gasteiger partial charge in [-0.3, -0.25) is 5.32 Å². The Hall–Kier alpha value is -0.630. The topological polar surface area (TPSA) is 65.3 Å². The van der Waals surface area contributed by atoms with E-state index < -0.39 is 6.41 Å². The van der Waals surface area contributed by atoms with Gasteiger partial charge in [-0.2, -0.15) is 5.26 Å². The van der Waals surface area contributed by atoms with Crippen molar-refractivity contribution >= 4 is 0 Å². The number of rotatable bonds is 4. The molecule has 0 aromatic heterocycles. The minimum absolute atomic E-state index is 0.0394. The van der Waals surface area contributed by atoms with Gasteiger partial charge in [0.25, 0.3) is 0 Å². The molecule has 4 heteroatoms. The number of nitrogens with zero attached hydrogens (tertiary/aromatic N) is 1. The molecule has 4 nitrogen and oxygen atoms in total. The average molecular weight is 266 g/mol. The van der Waals surface area contributed by atoms with Gasteiger partial charge >= 0.3 is 0 Å². The summed E-state index contributed by atoms with van der Waals surface area (Å²) in [7, 11) is 0. The highest BCUT2D eigenvalue weighted by molar-refractivity contribution is 5.09. The smallest absolute Gasteiger partial charge is 0.214 e. The summed E-state index contributed by atoms with van der Waals surface area (Å²) in [6.07, 6.45) is 5.42. The van der Waals surface area contributed by atoms with Gasteiger partial charge in [-0.05, 0) is 64.7 Å². The Morgan fingerprint density at radius 3 is 2.16 bits per heavy atom. The Morgan fingerprint density at radius 2 is 1.74 bits per heavy atom. The first kappa shape index (κ1) is 14.8. The van der Waals surface area contributed by atoms with E-state index in [4.69, 9.17) is 4.74 Å². The molecule has 3 aliphatic carbocycles. The summed E-state index contributed by atoms with van der Waals surface area (Å²) in [4.78, 5) is 0. The van der Waals surface area contributed by atoms with Crippen molar-refractivity contribution in [3.8, 4) is 6.07 Å². The van der Waals surface area contributed by atoms with Crippen molar-refractivity contribution in [1.29, 1.82) is 5.26 Å². The maximum Gasteiger partial charge on any atom is 0.214 e. The van der Waals surface area contributed by atoms with Crippen molar-refractivity contribution < 1.29 is 9.84 Å². The third-order valence-electron chi connectivity index (χ3n) is 4.76. The van der Waals surface area contributed by atoms with Crippen LogP contribution in [0.2, 0.25) is 0 Å². The molecule has 0 radical (unpaired) electrons. The van der Waals surface area contributed by atoms with E-state index in [1.165, 1.54) is 0 Å². The zero-order valence-electron chi connectivity index (χ0n) is 12.3. The van der Waals surface area contributed by atoms with Crippen LogP contribution in [0.1, 0.15) is 59.3 Å². The number of hydrogen-bond donors (Lipinski definition) is 2. The number of hydrogen-bond acceptors (Lipinski definition) is 4. The fourth-order valence-electron chi connectivity index (χ4n) is 3.38. The summed E-state index contributed by atoms with van der Waals surface area (Å²) < 4.78 is 5.46. The molecule has 3 rings (SSSR count). The average Bonchev–Trinajstić information content (AvgIpc) is 2.37. The summed E-state index contributed by atoms with van der Waals surface area (Å²) in [6.45, 7) is 6.57. The molecule has 0 spiro atoms. The van der Waals surface area contributed by atoms with Crippen LogP contribution in [0.5, 0.6) is 0 Å². The fraction of sp³-hybridized carbons (Fsp3) is 0.933. The lowest BCUT2D eigenvalue weighted by Gasteiger charge is -2.50. The van der Waals surface area contributed by atoms with Gasteiger partial charge in [0.05, 0.1) is 17.1 Å². The molecule has 1 unspecified atom stereocenters. The number of nitriles is 1. The van der Waals surface area contributed by atoms with Gasteiger partial charge in [0.1, 0.15) is 0 Å². The maximum absolute atomic E-state index is 9.85. The normalized spacial score (nSPS) is 35.9. The molecule has 0 aromatic carbocycles. The van der Waals surface area contributed by atoms with E-state index in [0.29, 0.717) is 0 Å². The molecule has 1 atom stereocenters. The van der Waals surface area contributed by atoms with Crippen LogP contribution in [-0.2, 0) is 4.74 Å². The van der Waals surface area contributed by atoms with Crippen molar-refractivity contribution in [2.24, 2.45) is 10.8 Å². The highest BCUT2D eigenvalue weighted by atomic mass is 16.6. The largest absolute Gasteiger partial charge is 0.356 e. The molecule has 3 aliphatic rings. The number of aliphatic hydroxyl groups excluding tert-OH is 1. The quantitative estimate of drug-likeness (QED) is 0.767. The van der Waals surface area contributed by atoms with Crippen LogP contribution in [0, 0.1) is 22.2 Å².